The van der Waals surface area contributed by atoms with E-state index < -0.39 is 0 Å². The molecule has 1 aliphatic heterocycles. The van der Waals surface area contributed by atoms with Gasteiger partial charge in [0.15, 0.2) is 0 Å². The van der Waals surface area contributed by atoms with Crippen LogP contribution in [-0.2, 0) is 4.74 Å². The largest absolute Gasteiger partial charge is 0.376 e. The zero-order valence-corrected chi connectivity index (χ0v) is 11.8. The van der Waals surface area contributed by atoms with E-state index in [1.807, 2.05) is 4.90 Å². The van der Waals surface area contributed by atoms with Crippen LogP contribution in [0.2, 0.25) is 0 Å². The van der Waals surface area contributed by atoms with E-state index in [1.165, 1.54) is 0 Å². The molecule has 0 aromatic carbocycles. The van der Waals surface area contributed by atoms with Gasteiger partial charge in [0.05, 0.1) is 6.10 Å². The molecule has 1 N–H and O–H groups in total. The number of likely N-dealkylation sites (tertiary alicyclic amines) is 1. The number of carbonyl (C=O) groups excluding carboxylic acids is 1. The van der Waals surface area contributed by atoms with E-state index in [9.17, 15) is 4.79 Å². The minimum absolute atomic E-state index is 0.0996. The maximum absolute atomic E-state index is 12.0. The molecule has 1 heterocycles. The van der Waals surface area contributed by atoms with Crippen LogP contribution >= 0.6 is 0 Å². The normalized spacial score (nSPS) is 31.6. The molecule has 0 radical (unpaired) electrons. The summed E-state index contributed by atoms with van der Waals surface area (Å²) in [5.41, 5.74) is 0. The summed E-state index contributed by atoms with van der Waals surface area (Å²) in [5.74, 6) is 1.33. The van der Waals surface area contributed by atoms with E-state index >= 15 is 0 Å². The van der Waals surface area contributed by atoms with Crippen LogP contribution in [0, 0.1) is 11.8 Å². The molecule has 104 valence electrons. The summed E-state index contributed by atoms with van der Waals surface area (Å²) in [5, 5.41) is 3.11. The fourth-order valence-corrected chi connectivity index (χ4v) is 2.66. The Labute approximate surface area is 110 Å². The quantitative estimate of drug-likeness (QED) is 0.836. The van der Waals surface area contributed by atoms with Crippen molar-refractivity contribution in [2.75, 3.05) is 19.7 Å². The molecule has 2 amide bonds. The van der Waals surface area contributed by atoms with Crippen LogP contribution in [0.5, 0.6) is 0 Å². The first-order valence-electron chi connectivity index (χ1n) is 7.21. The molecule has 1 saturated heterocycles. The highest BCUT2D eigenvalue weighted by Gasteiger charge is 2.31. The van der Waals surface area contributed by atoms with Crippen LogP contribution in [0.3, 0.4) is 0 Å². The highest BCUT2D eigenvalue weighted by atomic mass is 16.5. The van der Waals surface area contributed by atoms with Crippen LogP contribution in [0.25, 0.3) is 0 Å². The molecule has 0 unspecified atom stereocenters. The minimum Gasteiger partial charge on any atom is -0.376 e. The maximum Gasteiger partial charge on any atom is 0.317 e. The second-order valence-corrected chi connectivity index (χ2v) is 6.31. The maximum atomic E-state index is 12.0. The molecule has 1 aliphatic carbocycles. The van der Waals surface area contributed by atoms with Crippen molar-refractivity contribution < 1.29 is 9.53 Å². The Hall–Kier alpha value is -0.770. The first-order chi connectivity index (χ1) is 8.54. The SMILES string of the molecule is CC(C)CO[C@H]1CCN(C(=O)NC2CC(C)C2)C1. The number of urea groups is 1. The first-order valence-corrected chi connectivity index (χ1v) is 7.21. The Bertz CT molecular complexity index is 288. The van der Waals surface area contributed by atoms with Gasteiger partial charge >= 0.3 is 6.03 Å². The van der Waals surface area contributed by atoms with E-state index in [2.05, 4.69) is 26.1 Å². The van der Waals surface area contributed by atoms with Crippen LogP contribution in [0.1, 0.15) is 40.0 Å². The highest BCUT2D eigenvalue weighted by Crippen LogP contribution is 2.26. The molecule has 1 atom stereocenters. The molecule has 0 bridgehead atoms. The number of ether oxygens (including phenoxy) is 1. The van der Waals surface area contributed by atoms with Gasteiger partial charge in [-0.1, -0.05) is 20.8 Å². The Balaban J connectivity index is 1.66. The summed E-state index contributed by atoms with van der Waals surface area (Å²) < 4.78 is 5.79. The number of amides is 2. The number of hydrogen-bond donors (Lipinski definition) is 1. The Kier molecular flexibility index (Phi) is 4.49. The van der Waals surface area contributed by atoms with Crippen LogP contribution in [-0.4, -0.2) is 42.8 Å². The summed E-state index contributed by atoms with van der Waals surface area (Å²) in [6, 6.07) is 0.505. The van der Waals surface area contributed by atoms with E-state index in [1.54, 1.807) is 0 Å². The van der Waals surface area contributed by atoms with Crippen molar-refractivity contribution >= 4 is 6.03 Å². The zero-order chi connectivity index (χ0) is 13.1. The van der Waals surface area contributed by atoms with Crippen LogP contribution in [0.4, 0.5) is 4.79 Å². The number of rotatable bonds is 4. The van der Waals surface area contributed by atoms with Gasteiger partial charge < -0.3 is 15.0 Å². The summed E-state index contributed by atoms with van der Waals surface area (Å²) in [7, 11) is 0. The number of hydrogen-bond acceptors (Lipinski definition) is 2. The van der Waals surface area contributed by atoms with E-state index in [4.69, 9.17) is 4.74 Å². The van der Waals surface area contributed by atoms with E-state index in [0.717, 1.165) is 44.9 Å². The van der Waals surface area contributed by atoms with Gasteiger partial charge in [0.25, 0.3) is 0 Å². The Morgan fingerprint density at radius 1 is 1.44 bits per heavy atom. The summed E-state index contributed by atoms with van der Waals surface area (Å²) in [6.45, 7) is 8.90. The molecule has 1 saturated carbocycles. The number of nitrogens with one attached hydrogen (secondary N) is 1. The van der Waals surface area contributed by atoms with Crippen molar-refractivity contribution in [3.05, 3.63) is 0 Å². The van der Waals surface area contributed by atoms with Gasteiger partial charge in [0, 0.05) is 25.7 Å². The molecule has 0 aromatic heterocycles. The fraction of sp³-hybridized carbons (Fsp3) is 0.929. The standard InChI is InChI=1S/C14H26N2O2/c1-10(2)9-18-13-4-5-16(8-13)14(17)15-12-6-11(3)7-12/h10-13H,4-9H2,1-3H3,(H,15,17)/t11?,12?,13-/m0/s1. The smallest absolute Gasteiger partial charge is 0.317 e. The van der Waals surface area contributed by atoms with Crippen molar-refractivity contribution in [1.82, 2.24) is 10.2 Å². The molecule has 18 heavy (non-hydrogen) atoms. The van der Waals surface area contributed by atoms with Crippen molar-refractivity contribution in [3.8, 4) is 0 Å². The third-order valence-electron chi connectivity index (χ3n) is 3.80. The molecule has 2 fully saturated rings. The predicted molar refractivity (Wildman–Crippen MR) is 71.5 cm³/mol. The molecule has 0 spiro atoms. The lowest BCUT2D eigenvalue weighted by atomic mass is 9.82. The third kappa shape index (κ3) is 3.61. The minimum atomic E-state index is 0.0996. The van der Waals surface area contributed by atoms with Gasteiger partial charge in [-0.25, -0.2) is 4.79 Å². The third-order valence-corrected chi connectivity index (χ3v) is 3.80. The number of carbonyl (C=O) groups is 1. The zero-order valence-electron chi connectivity index (χ0n) is 11.8. The monoisotopic (exact) mass is 254 g/mol. The van der Waals surface area contributed by atoms with Crippen LogP contribution < -0.4 is 5.32 Å². The van der Waals surface area contributed by atoms with Gasteiger partial charge in [-0.3, -0.25) is 0 Å². The van der Waals surface area contributed by atoms with Crippen molar-refractivity contribution in [2.24, 2.45) is 11.8 Å². The van der Waals surface area contributed by atoms with Gasteiger partial charge in [0.1, 0.15) is 0 Å². The Morgan fingerprint density at radius 2 is 2.17 bits per heavy atom. The van der Waals surface area contributed by atoms with Crippen molar-refractivity contribution in [1.29, 1.82) is 0 Å². The average Bonchev–Trinajstić information content (AvgIpc) is 2.72. The van der Waals surface area contributed by atoms with Crippen molar-refractivity contribution in [3.63, 3.8) is 0 Å². The highest BCUT2D eigenvalue weighted by molar-refractivity contribution is 5.75. The Morgan fingerprint density at radius 3 is 2.78 bits per heavy atom. The summed E-state index contributed by atoms with van der Waals surface area (Å²) in [4.78, 5) is 13.9. The lowest BCUT2D eigenvalue weighted by Crippen LogP contribution is -2.49. The van der Waals surface area contributed by atoms with Gasteiger partial charge in [-0.2, -0.15) is 0 Å². The molecule has 4 heteroatoms. The molecule has 2 aliphatic rings. The lowest BCUT2D eigenvalue weighted by Gasteiger charge is -2.34. The molecular weight excluding hydrogens is 228 g/mol. The average molecular weight is 254 g/mol. The summed E-state index contributed by atoms with van der Waals surface area (Å²) in [6.07, 6.45) is 3.47. The number of nitrogens with zero attached hydrogens (tertiary/aromatic N) is 1. The molecular formula is C14H26N2O2. The van der Waals surface area contributed by atoms with E-state index in [-0.39, 0.29) is 12.1 Å². The van der Waals surface area contributed by atoms with Crippen molar-refractivity contribution in [2.45, 2.75) is 52.2 Å². The first kappa shape index (κ1) is 13.7. The molecule has 2 rings (SSSR count). The summed E-state index contributed by atoms with van der Waals surface area (Å²) >= 11 is 0. The second kappa shape index (κ2) is 5.91. The predicted octanol–water partition coefficient (Wildman–Crippen LogP) is 2.24. The topological polar surface area (TPSA) is 41.6 Å². The fourth-order valence-electron chi connectivity index (χ4n) is 2.66. The van der Waals surface area contributed by atoms with Gasteiger partial charge in [-0.05, 0) is 31.1 Å². The lowest BCUT2D eigenvalue weighted by molar-refractivity contribution is 0.0433. The van der Waals surface area contributed by atoms with E-state index in [0.29, 0.717) is 12.0 Å². The van der Waals surface area contributed by atoms with Crippen LogP contribution in [0.15, 0.2) is 0 Å². The molecule has 4 nitrogen and oxygen atoms in total. The van der Waals surface area contributed by atoms with Gasteiger partial charge in [0.2, 0.25) is 0 Å². The molecule has 0 aromatic rings. The second-order valence-electron chi connectivity index (χ2n) is 6.31. The van der Waals surface area contributed by atoms with Gasteiger partial charge in [-0.15, -0.1) is 0 Å².